The Balaban J connectivity index is 2.26. The smallest absolute Gasteiger partial charge is 0.102 e. The molecule has 1 fully saturated rings. The molecule has 0 aromatic heterocycles. The number of hydrogen-bond donors (Lipinski definition) is 1. The summed E-state index contributed by atoms with van der Waals surface area (Å²) in [5.41, 5.74) is 5.78. The highest BCUT2D eigenvalue weighted by atomic mass is 32.2. The summed E-state index contributed by atoms with van der Waals surface area (Å²) < 4.78 is 5.10. The lowest BCUT2D eigenvalue weighted by Crippen LogP contribution is -2.14. The molecule has 0 bridgehead atoms. The van der Waals surface area contributed by atoms with E-state index in [1.807, 2.05) is 6.92 Å². The molecule has 3 heteroatoms. The summed E-state index contributed by atoms with van der Waals surface area (Å²) in [7, 11) is 0. The van der Waals surface area contributed by atoms with Crippen LogP contribution in [0.5, 0.6) is 0 Å². The van der Waals surface area contributed by atoms with E-state index in [2.05, 4.69) is 0 Å². The highest BCUT2D eigenvalue weighted by molar-refractivity contribution is 8.00. The van der Waals surface area contributed by atoms with Crippen LogP contribution in [0.3, 0.4) is 0 Å². The zero-order valence-electron chi connectivity index (χ0n) is 4.26. The van der Waals surface area contributed by atoms with Crippen LogP contribution in [0.25, 0.3) is 0 Å². The van der Waals surface area contributed by atoms with Crippen molar-refractivity contribution >= 4 is 11.8 Å². The third-order valence-electron chi connectivity index (χ3n) is 0.862. The van der Waals surface area contributed by atoms with E-state index >= 15 is 0 Å². The van der Waals surface area contributed by atoms with Gasteiger partial charge in [-0.1, -0.05) is 0 Å². The summed E-state index contributed by atoms with van der Waals surface area (Å²) in [6.07, 6.45) is 0. The molecule has 0 aromatic rings. The molecule has 42 valence electrons. The molecule has 2 N–H and O–H groups in total. The Bertz CT molecular complexity index is 60.7. The van der Waals surface area contributed by atoms with Crippen molar-refractivity contribution in [2.45, 2.75) is 17.7 Å². The van der Waals surface area contributed by atoms with Crippen LogP contribution in [0.1, 0.15) is 6.92 Å². The molecule has 1 aliphatic heterocycles. The first-order valence-electron chi connectivity index (χ1n) is 2.31. The van der Waals surface area contributed by atoms with Gasteiger partial charge in [-0.05, 0) is 6.92 Å². The van der Waals surface area contributed by atoms with E-state index in [1.165, 1.54) is 0 Å². The van der Waals surface area contributed by atoms with Gasteiger partial charge in [-0.25, -0.2) is 0 Å². The van der Waals surface area contributed by atoms with Gasteiger partial charge in [0.2, 0.25) is 0 Å². The summed E-state index contributed by atoms with van der Waals surface area (Å²) in [4.78, 5) is 0. The third-order valence-corrected chi connectivity index (χ3v) is 1.87. The Hall–Kier alpha value is 0.270. The van der Waals surface area contributed by atoms with E-state index in [4.69, 9.17) is 10.5 Å². The molecule has 2 atom stereocenters. The van der Waals surface area contributed by atoms with Gasteiger partial charge in [-0.2, -0.15) is 0 Å². The molecule has 1 saturated heterocycles. The number of thioether (sulfide) groups is 1. The Morgan fingerprint density at radius 3 is 2.71 bits per heavy atom. The Labute approximate surface area is 47.4 Å². The highest BCUT2D eigenvalue weighted by Crippen LogP contribution is 2.22. The standard InChI is InChI=1S/C4H9NOS/c1-3-6-2-4(5)7-3/h3-4H,2,5H2,1H3. The zero-order valence-corrected chi connectivity index (χ0v) is 5.07. The summed E-state index contributed by atoms with van der Waals surface area (Å²) in [5, 5.41) is 0.218. The number of rotatable bonds is 0. The topological polar surface area (TPSA) is 35.2 Å². The van der Waals surface area contributed by atoms with Crippen molar-refractivity contribution in [2.24, 2.45) is 5.73 Å². The molecule has 0 spiro atoms. The predicted octanol–water partition coefficient (Wildman–Crippen LogP) is 0.381. The molecule has 0 aliphatic carbocycles. The van der Waals surface area contributed by atoms with Gasteiger partial charge in [-0.15, -0.1) is 11.8 Å². The first kappa shape index (κ1) is 5.41. The SMILES string of the molecule is CC1OCC(N)S1. The van der Waals surface area contributed by atoms with Crippen molar-refractivity contribution < 1.29 is 4.74 Å². The molecule has 1 heterocycles. The maximum absolute atomic E-state index is 5.46. The number of hydrogen-bond acceptors (Lipinski definition) is 3. The van der Waals surface area contributed by atoms with Gasteiger partial charge < -0.3 is 10.5 Å². The van der Waals surface area contributed by atoms with Crippen molar-refractivity contribution in [3.8, 4) is 0 Å². The highest BCUT2D eigenvalue weighted by Gasteiger charge is 2.17. The molecular weight excluding hydrogens is 110 g/mol. The van der Waals surface area contributed by atoms with Gasteiger partial charge in [0.1, 0.15) is 5.44 Å². The molecule has 0 amide bonds. The minimum Gasteiger partial charge on any atom is -0.365 e. The Kier molecular flexibility index (Phi) is 1.57. The van der Waals surface area contributed by atoms with Crippen molar-refractivity contribution in [2.75, 3.05) is 6.61 Å². The van der Waals surface area contributed by atoms with Gasteiger partial charge in [0.25, 0.3) is 0 Å². The average molecular weight is 119 g/mol. The molecule has 0 saturated carbocycles. The second-order valence-corrected chi connectivity index (χ2v) is 3.12. The lowest BCUT2D eigenvalue weighted by atomic mass is 10.7. The monoisotopic (exact) mass is 119 g/mol. The minimum absolute atomic E-state index is 0.218. The summed E-state index contributed by atoms with van der Waals surface area (Å²) in [6, 6.07) is 0. The van der Waals surface area contributed by atoms with E-state index < -0.39 is 0 Å². The largest absolute Gasteiger partial charge is 0.365 e. The van der Waals surface area contributed by atoms with Crippen molar-refractivity contribution in [3.05, 3.63) is 0 Å². The molecule has 1 aliphatic rings. The van der Waals surface area contributed by atoms with Crippen LogP contribution in [0.15, 0.2) is 0 Å². The van der Waals surface area contributed by atoms with Gasteiger partial charge in [0, 0.05) is 0 Å². The van der Waals surface area contributed by atoms with Crippen LogP contribution in [0.2, 0.25) is 0 Å². The second kappa shape index (κ2) is 2.03. The van der Waals surface area contributed by atoms with E-state index in [0.717, 1.165) is 0 Å². The summed E-state index contributed by atoms with van der Waals surface area (Å²) >= 11 is 1.68. The fraction of sp³-hybridized carbons (Fsp3) is 1.00. The average Bonchev–Trinajstić information content (AvgIpc) is 1.87. The van der Waals surface area contributed by atoms with Gasteiger partial charge >= 0.3 is 0 Å². The number of nitrogens with two attached hydrogens (primary N) is 1. The van der Waals surface area contributed by atoms with Gasteiger partial charge in [-0.3, -0.25) is 0 Å². The molecule has 0 radical (unpaired) electrons. The van der Waals surface area contributed by atoms with Crippen LogP contribution in [-0.4, -0.2) is 17.4 Å². The predicted molar refractivity (Wildman–Crippen MR) is 31.0 cm³/mol. The molecule has 2 unspecified atom stereocenters. The first-order valence-corrected chi connectivity index (χ1v) is 3.26. The van der Waals surface area contributed by atoms with Crippen molar-refractivity contribution in [1.29, 1.82) is 0 Å². The van der Waals surface area contributed by atoms with Crippen LogP contribution in [0, 0.1) is 0 Å². The molecule has 7 heavy (non-hydrogen) atoms. The fourth-order valence-electron chi connectivity index (χ4n) is 0.555. The summed E-state index contributed by atoms with van der Waals surface area (Å²) in [6.45, 7) is 2.73. The van der Waals surface area contributed by atoms with Crippen molar-refractivity contribution in [3.63, 3.8) is 0 Å². The second-order valence-electron chi connectivity index (χ2n) is 1.58. The molecule has 2 nitrogen and oxygen atoms in total. The maximum atomic E-state index is 5.46. The van der Waals surface area contributed by atoms with Crippen LogP contribution in [-0.2, 0) is 4.74 Å². The van der Waals surface area contributed by atoms with Crippen LogP contribution in [0.4, 0.5) is 0 Å². The quantitative estimate of drug-likeness (QED) is 0.500. The van der Waals surface area contributed by atoms with E-state index in [1.54, 1.807) is 11.8 Å². The maximum Gasteiger partial charge on any atom is 0.102 e. The summed E-state index contributed by atoms with van der Waals surface area (Å²) in [5.74, 6) is 0. The van der Waals surface area contributed by atoms with E-state index in [0.29, 0.717) is 12.0 Å². The van der Waals surface area contributed by atoms with Crippen molar-refractivity contribution in [1.82, 2.24) is 0 Å². The minimum atomic E-state index is 0.218. The normalized spacial score (nSPS) is 42.0. The molecular formula is C4H9NOS. The van der Waals surface area contributed by atoms with E-state index in [9.17, 15) is 0 Å². The molecule has 0 aromatic carbocycles. The van der Waals surface area contributed by atoms with Crippen LogP contribution < -0.4 is 5.73 Å². The Morgan fingerprint density at radius 1 is 1.86 bits per heavy atom. The zero-order chi connectivity index (χ0) is 5.28. The molecule has 1 rings (SSSR count). The number of ether oxygens (including phenoxy) is 1. The van der Waals surface area contributed by atoms with Crippen LogP contribution >= 0.6 is 11.8 Å². The van der Waals surface area contributed by atoms with Gasteiger partial charge in [0.15, 0.2) is 0 Å². The lowest BCUT2D eigenvalue weighted by Gasteiger charge is -1.94. The fourth-order valence-corrected chi connectivity index (χ4v) is 1.36. The van der Waals surface area contributed by atoms with E-state index in [-0.39, 0.29) is 5.37 Å². The Morgan fingerprint density at radius 2 is 2.57 bits per heavy atom. The van der Waals surface area contributed by atoms with Gasteiger partial charge in [0.05, 0.1) is 12.0 Å². The first-order chi connectivity index (χ1) is 3.29. The third kappa shape index (κ3) is 1.33. The lowest BCUT2D eigenvalue weighted by molar-refractivity contribution is 0.146.